The lowest BCUT2D eigenvalue weighted by Crippen LogP contribution is -2.05. The zero-order chi connectivity index (χ0) is 19.4. The molecular weight excluding hydrogens is 354 g/mol. The van der Waals surface area contributed by atoms with Gasteiger partial charge in [0.05, 0.1) is 14.2 Å². The zero-order valence-electron chi connectivity index (χ0n) is 15.0. The van der Waals surface area contributed by atoms with Crippen molar-refractivity contribution in [3.8, 4) is 11.5 Å². The maximum absolute atomic E-state index is 13.8. The van der Waals surface area contributed by atoms with Crippen LogP contribution in [0.2, 0.25) is 0 Å². The fourth-order valence-corrected chi connectivity index (χ4v) is 2.48. The molecule has 140 valence electrons. The quantitative estimate of drug-likeness (QED) is 0.661. The number of hydrogen-bond donors (Lipinski definition) is 2. The first-order chi connectivity index (χ1) is 13.0. The molecule has 3 aromatic rings. The van der Waals surface area contributed by atoms with Crippen LogP contribution in [0.15, 0.2) is 42.5 Å². The first-order valence-corrected chi connectivity index (χ1v) is 8.06. The van der Waals surface area contributed by atoms with Crippen molar-refractivity contribution in [1.82, 2.24) is 9.97 Å². The molecule has 0 amide bonds. The molecule has 8 heteroatoms. The second-order valence-electron chi connectivity index (χ2n) is 5.63. The second-order valence-corrected chi connectivity index (χ2v) is 5.63. The number of methoxy groups -OCH3 is 2. The molecule has 6 nitrogen and oxygen atoms in total. The number of halogens is 2. The number of anilines is 4. The molecule has 0 saturated carbocycles. The molecule has 2 aromatic carbocycles. The van der Waals surface area contributed by atoms with Crippen LogP contribution >= 0.6 is 0 Å². The fraction of sp³-hybridized carbons (Fsp3) is 0.158. The number of nitrogens with one attached hydrogen (secondary N) is 2. The Hall–Kier alpha value is -3.42. The minimum atomic E-state index is -0.727. The number of aromatic nitrogens is 2. The van der Waals surface area contributed by atoms with Gasteiger partial charge >= 0.3 is 0 Å². The third kappa shape index (κ3) is 4.22. The zero-order valence-corrected chi connectivity index (χ0v) is 15.0. The summed E-state index contributed by atoms with van der Waals surface area (Å²) in [6.07, 6.45) is 0. The predicted octanol–water partition coefficient (Wildman–Crippen LogP) is 4.57. The first-order valence-electron chi connectivity index (χ1n) is 8.06. The third-order valence-corrected chi connectivity index (χ3v) is 3.71. The normalized spacial score (nSPS) is 10.4. The Kier molecular flexibility index (Phi) is 5.35. The number of benzene rings is 2. The van der Waals surface area contributed by atoms with Gasteiger partial charge in [-0.05, 0) is 31.2 Å². The first kappa shape index (κ1) is 18.4. The molecule has 1 heterocycles. The van der Waals surface area contributed by atoms with E-state index in [-0.39, 0.29) is 11.6 Å². The summed E-state index contributed by atoms with van der Waals surface area (Å²) in [6.45, 7) is 1.75. The van der Waals surface area contributed by atoms with E-state index in [9.17, 15) is 8.78 Å². The number of aryl methyl sites for hydroxylation is 1. The van der Waals surface area contributed by atoms with Crippen LogP contribution in [-0.2, 0) is 0 Å². The minimum absolute atomic E-state index is 0.0713. The SMILES string of the molecule is COc1ccc(Nc2cc(C)nc(Nc3c(F)cccc3F)n2)cc1OC. The van der Waals surface area contributed by atoms with Gasteiger partial charge in [0.2, 0.25) is 5.95 Å². The number of nitrogens with zero attached hydrogens (tertiary/aromatic N) is 2. The highest BCUT2D eigenvalue weighted by Gasteiger charge is 2.12. The molecule has 1 aromatic heterocycles. The van der Waals surface area contributed by atoms with Crippen LogP contribution in [0.1, 0.15) is 5.69 Å². The molecule has 3 rings (SSSR count). The van der Waals surface area contributed by atoms with Gasteiger partial charge in [-0.25, -0.2) is 13.8 Å². The average molecular weight is 372 g/mol. The molecule has 0 unspecified atom stereocenters. The Morgan fingerprint density at radius 1 is 0.852 bits per heavy atom. The highest BCUT2D eigenvalue weighted by Crippen LogP contribution is 2.31. The molecular formula is C19H18F2N4O2. The molecule has 27 heavy (non-hydrogen) atoms. The van der Waals surface area contributed by atoms with E-state index in [1.54, 1.807) is 45.4 Å². The Morgan fingerprint density at radius 3 is 2.22 bits per heavy atom. The van der Waals surface area contributed by atoms with Crippen LogP contribution in [0.5, 0.6) is 11.5 Å². The lowest BCUT2D eigenvalue weighted by molar-refractivity contribution is 0.355. The number of ether oxygens (including phenoxy) is 2. The van der Waals surface area contributed by atoms with Crippen molar-refractivity contribution in [3.63, 3.8) is 0 Å². The Morgan fingerprint density at radius 2 is 1.56 bits per heavy atom. The second kappa shape index (κ2) is 7.86. The van der Waals surface area contributed by atoms with Crippen molar-refractivity contribution in [2.45, 2.75) is 6.92 Å². The fourth-order valence-electron chi connectivity index (χ4n) is 2.48. The standard InChI is InChI=1S/C19H18F2N4O2/c1-11-9-17(23-12-7-8-15(26-2)16(10-12)27-3)24-19(22-11)25-18-13(20)5-4-6-14(18)21/h4-10H,1-3H3,(H2,22,23,24,25). The highest BCUT2D eigenvalue weighted by atomic mass is 19.1. The molecule has 0 saturated heterocycles. The lowest BCUT2D eigenvalue weighted by atomic mass is 10.2. The van der Waals surface area contributed by atoms with Gasteiger partial charge < -0.3 is 20.1 Å². The van der Waals surface area contributed by atoms with E-state index in [1.807, 2.05) is 0 Å². The Balaban J connectivity index is 1.88. The van der Waals surface area contributed by atoms with Crippen molar-refractivity contribution >= 4 is 23.1 Å². The minimum Gasteiger partial charge on any atom is -0.493 e. The van der Waals surface area contributed by atoms with Gasteiger partial charge in [-0.2, -0.15) is 4.98 Å². The smallest absolute Gasteiger partial charge is 0.229 e. The molecule has 0 atom stereocenters. The summed E-state index contributed by atoms with van der Waals surface area (Å²) in [4.78, 5) is 8.44. The Labute approximate surface area is 155 Å². The van der Waals surface area contributed by atoms with E-state index in [0.29, 0.717) is 28.7 Å². The predicted molar refractivity (Wildman–Crippen MR) is 99.2 cm³/mol. The van der Waals surface area contributed by atoms with E-state index in [2.05, 4.69) is 20.6 Å². The summed E-state index contributed by atoms with van der Waals surface area (Å²) >= 11 is 0. The van der Waals surface area contributed by atoms with Crippen LogP contribution in [0.4, 0.5) is 31.9 Å². The summed E-state index contributed by atoms with van der Waals surface area (Å²) < 4.78 is 38.2. The third-order valence-electron chi connectivity index (χ3n) is 3.71. The van der Waals surface area contributed by atoms with Gasteiger partial charge in [-0.3, -0.25) is 0 Å². The molecule has 2 N–H and O–H groups in total. The van der Waals surface area contributed by atoms with Crippen LogP contribution in [0.3, 0.4) is 0 Å². The highest BCUT2D eigenvalue weighted by molar-refractivity contribution is 5.63. The monoisotopic (exact) mass is 372 g/mol. The molecule has 0 aliphatic carbocycles. The van der Waals surface area contributed by atoms with Gasteiger partial charge in [0.1, 0.15) is 23.1 Å². The number of hydrogen-bond acceptors (Lipinski definition) is 6. The summed E-state index contributed by atoms with van der Waals surface area (Å²) in [5.41, 5.74) is 1.01. The van der Waals surface area contributed by atoms with Crippen LogP contribution < -0.4 is 20.1 Å². The van der Waals surface area contributed by atoms with Crippen molar-refractivity contribution < 1.29 is 18.3 Å². The van der Waals surface area contributed by atoms with Gasteiger partial charge in [-0.15, -0.1) is 0 Å². The molecule has 0 aliphatic heterocycles. The summed E-state index contributed by atoms with van der Waals surface area (Å²) in [7, 11) is 3.10. The van der Waals surface area contributed by atoms with Gasteiger partial charge in [0.25, 0.3) is 0 Å². The molecule has 0 radical (unpaired) electrons. The summed E-state index contributed by atoms with van der Waals surface area (Å²) in [6, 6.07) is 10.6. The maximum Gasteiger partial charge on any atom is 0.229 e. The van der Waals surface area contributed by atoms with E-state index in [4.69, 9.17) is 9.47 Å². The topological polar surface area (TPSA) is 68.3 Å². The maximum atomic E-state index is 13.8. The van der Waals surface area contributed by atoms with Crippen molar-refractivity contribution in [2.75, 3.05) is 24.9 Å². The van der Waals surface area contributed by atoms with E-state index in [0.717, 1.165) is 12.1 Å². The molecule has 0 spiro atoms. The molecule has 0 aliphatic rings. The molecule has 0 bridgehead atoms. The summed E-state index contributed by atoms with van der Waals surface area (Å²) in [5, 5.41) is 5.70. The van der Waals surface area contributed by atoms with Crippen molar-refractivity contribution in [2.24, 2.45) is 0 Å². The van der Waals surface area contributed by atoms with E-state index < -0.39 is 11.6 Å². The van der Waals surface area contributed by atoms with Gasteiger partial charge in [0, 0.05) is 23.5 Å². The van der Waals surface area contributed by atoms with Gasteiger partial charge in [-0.1, -0.05) is 6.07 Å². The van der Waals surface area contributed by atoms with Crippen LogP contribution in [-0.4, -0.2) is 24.2 Å². The largest absolute Gasteiger partial charge is 0.493 e. The van der Waals surface area contributed by atoms with Crippen LogP contribution in [0, 0.1) is 18.6 Å². The molecule has 0 fully saturated rings. The number of rotatable bonds is 6. The number of para-hydroxylation sites is 1. The lowest BCUT2D eigenvalue weighted by Gasteiger charge is -2.13. The van der Waals surface area contributed by atoms with E-state index >= 15 is 0 Å². The van der Waals surface area contributed by atoms with Crippen molar-refractivity contribution in [3.05, 3.63) is 59.8 Å². The van der Waals surface area contributed by atoms with Crippen LogP contribution in [0.25, 0.3) is 0 Å². The van der Waals surface area contributed by atoms with E-state index in [1.165, 1.54) is 6.07 Å². The summed E-state index contributed by atoms with van der Waals surface area (Å²) in [5.74, 6) is 0.222. The van der Waals surface area contributed by atoms with Gasteiger partial charge in [0.15, 0.2) is 11.5 Å². The van der Waals surface area contributed by atoms with Crippen molar-refractivity contribution in [1.29, 1.82) is 0 Å². The Bertz CT molecular complexity index is 946. The average Bonchev–Trinajstić information content (AvgIpc) is 2.64.